The third-order valence-corrected chi connectivity index (χ3v) is 2.87. The summed E-state index contributed by atoms with van der Waals surface area (Å²) in [7, 11) is 0. The first-order valence-corrected chi connectivity index (χ1v) is 6.78. The molecule has 1 saturated heterocycles. The second kappa shape index (κ2) is 5.56. The second-order valence-corrected chi connectivity index (χ2v) is 6.75. The summed E-state index contributed by atoms with van der Waals surface area (Å²) in [5.41, 5.74) is -0.469. The Bertz CT molecular complexity index is 416. The minimum atomic E-state index is -0.884. The Hall–Kier alpha value is -1.36. The molecule has 1 aliphatic heterocycles. The van der Waals surface area contributed by atoms with Gasteiger partial charge < -0.3 is 14.3 Å². The van der Waals surface area contributed by atoms with E-state index in [-0.39, 0.29) is 0 Å². The topological polar surface area (TPSA) is 55.8 Å². The lowest BCUT2D eigenvalue weighted by Crippen LogP contribution is -2.49. The van der Waals surface area contributed by atoms with Crippen LogP contribution in [0.3, 0.4) is 0 Å². The molecule has 2 atom stereocenters. The molecule has 20 heavy (non-hydrogen) atoms. The van der Waals surface area contributed by atoms with Gasteiger partial charge in [-0.05, 0) is 48.5 Å². The van der Waals surface area contributed by atoms with E-state index in [1.54, 1.807) is 13.8 Å². The first-order valence-electron chi connectivity index (χ1n) is 6.78. The molecule has 114 valence electrons. The Labute approximate surface area is 120 Å². The van der Waals surface area contributed by atoms with Gasteiger partial charge in [-0.25, -0.2) is 4.79 Å². The summed E-state index contributed by atoms with van der Waals surface area (Å²) in [5.74, 6) is 0. The highest BCUT2D eigenvalue weighted by Gasteiger charge is 2.50. The minimum Gasteiger partial charge on any atom is -0.444 e. The molecule has 1 amide bonds. The van der Waals surface area contributed by atoms with Crippen molar-refractivity contribution in [1.82, 2.24) is 4.90 Å². The van der Waals surface area contributed by atoms with Crippen LogP contribution >= 0.6 is 0 Å². The van der Waals surface area contributed by atoms with Gasteiger partial charge >= 0.3 is 6.09 Å². The predicted molar refractivity (Wildman–Crippen MR) is 76.3 cm³/mol. The quantitative estimate of drug-likeness (QED) is 0.577. The highest BCUT2D eigenvalue weighted by atomic mass is 16.6. The fraction of sp³-hybridized carbons (Fsp3) is 0.733. The van der Waals surface area contributed by atoms with Crippen molar-refractivity contribution in [3.05, 3.63) is 11.6 Å². The monoisotopic (exact) mass is 283 g/mol. The van der Waals surface area contributed by atoms with Gasteiger partial charge in [0.1, 0.15) is 17.4 Å². The molecule has 0 saturated carbocycles. The smallest absolute Gasteiger partial charge is 0.413 e. The number of aldehydes is 1. The van der Waals surface area contributed by atoms with Gasteiger partial charge in [-0.15, -0.1) is 0 Å². The van der Waals surface area contributed by atoms with Gasteiger partial charge in [0, 0.05) is 0 Å². The van der Waals surface area contributed by atoms with Crippen LogP contribution in [-0.4, -0.2) is 40.8 Å². The maximum Gasteiger partial charge on any atom is 0.413 e. The molecule has 1 fully saturated rings. The number of ether oxygens (including phenoxy) is 2. The number of rotatable bonds is 2. The molecular formula is C15H25NO4. The van der Waals surface area contributed by atoms with Crippen molar-refractivity contribution < 1.29 is 19.1 Å². The Morgan fingerprint density at radius 3 is 2.25 bits per heavy atom. The molecule has 5 heteroatoms. The van der Waals surface area contributed by atoms with Crippen LogP contribution in [-0.2, 0) is 14.3 Å². The predicted octanol–water partition coefficient (Wildman–Crippen LogP) is 2.89. The van der Waals surface area contributed by atoms with Gasteiger partial charge in [0.2, 0.25) is 0 Å². The van der Waals surface area contributed by atoms with Gasteiger partial charge in [0.25, 0.3) is 0 Å². The van der Waals surface area contributed by atoms with Crippen LogP contribution in [0.4, 0.5) is 4.79 Å². The zero-order valence-electron chi connectivity index (χ0n) is 13.4. The van der Waals surface area contributed by atoms with Crippen LogP contribution < -0.4 is 0 Å². The second-order valence-electron chi connectivity index (χ2n) is 6.75. The van der Waals surface area contributed by atoms with Crippen LogP contribution in [0.15, 0.2) is 11.6 Å². The van der Waals surface area contributed by atoms with Crippen molar-refractivity contribution in [3.63, 3.8) is 0 Å². The zero-order valence-corrected chi connectivity index (χ0v) is 13.4. The summed E-state index contributed by atoms with van der Waals surface area (Å²) in [6, 6.07) is -0.442. The standard InChI is InChI=1S/C15H25NO4/c1-10(2)8-11-12(9-17)19-15(6,7)16(11)13(18)20-14(3,4)5/h8-9,11-12H,1-7H3/t11-,12-/m0/s1. The van der Waals surface area contributed by atoms with Crippen LogP contribution in [0, 0.1) is 0 Å². The van der Waals surface area contributed by atoms with E-state index < -0.39 is 29.6 Å². The molecule has 0 spiro atoms. The lowest BCUT2D eigenvalue weighted by atomic mass is 10.1. The van der Waals surface area contributed by atoms with Gasteiger partial charge in [-0.2, -0.15) is 0 Å². The maximum absolute atomic E-state index is 12.4. The number of nitrogens with zero attached hydrogens (tertiary/aromatic N) is 1. The lowest BCUT2D eigenvalue weighted by Gasteiger charge is -2.34. The van der Waals surface area contributed by atoms with E-state index in [4.69, 9.17) is 9.47 Å². The van der Waals surface area contributed by atoms with Gasteiger partial charge in [0.15, 0.2) is 6.29 Å². The SMILES string of the molecule is CC(C)=C[C@H]1[C@H](C=O)OC(C)(C)N1C(=O)OC(C)(C)C. The average molecular weight is 283 g/mol. The van der Waals surface area contributed by atoms with E-state index in [1.807, 2.05) is 40.7 Å². The summed E-state index contributed by atoms with van der Waals surface area (Å²) >= 11 is 0. The van der Waals surface area contributed by atoms with Gasteiger partial charge in [0.05, 0.1) is 6.04 Å². The largest absolute Gasteiger partial charge is 0.444 e. The molecule has 0 unspecified atom stereocenters. The van der Waals surface area contributed by atoms with E-state index in [1.165, 1.54) is 4.90 Å². The molecule has 0 N–H and O–H groups in total. The summed E-state index contributed by atoms with van der Waals surface area (Å²) < 4.78 is 11.1. The molecule has 0 aliphatic carbocycles. The van der Waals surface area contributed by atoms with Crippen LogP contribution in [0.1, 0.15) is 48.5 Å². The summed E-state index contributed by atoms with van der Waals surface area (Å²) in [6.07, 6.45) is 1.44. The number of hydrogen-bond donors (Lipinski definition) is 0. The van der Waals surface area contributed by atoms with E-state index >= 15 is 0 Å². The van der Waals surface area contributed by atoms with E-state index in [2.05, 4.69) is 0 Å². The highest BCUT2D eigenvalue weighted by Crippen LogP contribution is 2.34. The summed E-state index contributed by atoms with van der Waals surface area (Å²) in [6.45, 7) is 12.8. The molecule has 0 aromatic heterocycles. The van der Waals surface area contributed by atoms with Crippen LogP contribution in [0.25, 0.3) is 0 Å². The number of carbonyl (C=O) groups is 2. The number of amides is 1. The summed E-state index contributed by atoms with van der Waals surface area (Å²) in [5, 5.41) is 0. The van der Waals surface area contributed by atoms with Crippen molar-refractivity contribution in [2.45, 2.75) is 71.9 Å². The molecular weight excluding hydrogens is 258 g/mol. The number of hydrogen-bond acceptors (Lipinski definition) is 4. The van der Waals surface area contributed by atoms with E-state index in [0.29, 0.717) is 0 Å². The molecule has 1 heterocycles. The van der Waals surface area contributed by atoms with Crippen molar-refractivity contribution in [1.29, 1.82) is 0 Å². The Balaban J connectivity index is 3.12. The third-order valence-electron chi connectivity index (χ3n) is 2.87. The molecule has 1 rings (SSSR count). The molecule has 1 aliphatic rings. The normalized spacial score (nSPS) is 25.2. The first-order chi connectivity index (χ1) is 8.98. The number of allylic oxidation sites excluding steroid dienone is 1. The first kappa shape index (κ1) is 16.7. The fourth-order valence-corrected chi connectivity index (χ4v) is 2.24. The molecule has 0 aromatic carbocycles. The van der Waals surface area contributed by atoms with E-state index in [9.17, 15) is 9.59 Å². The number of carbonyl (C=O) groups excluding carboxylic acids is 2. The lowest BCUT2D eigenvalue weighted by molar-refractivity contribution is -0.124. The Morgan fingerprint density at radius 2 is 1.85 bits per heavy atom. The van der Waals surface area contributed by atoms with E-state index in [0.717, 1.165) is 11.9 Å². The summed E-state index contributed by atoms with van der Waals surface area (Å²) in [4.78, 5) is 25.1. The minimum absolute atomic E-state index is 0.442. The Kier molecular flexibility index (Phi) is 4.64. The van der Waals surface area contributed by atoms with Crippen molar-refractivity contribution in [2.24, 2.45) is 0 Å². The van der Waals surface area contributed by atoms with Crippen LogP contribution in [0.5, 0.6) is 0 Å². The molecule has 0 bridgehead atoms. The Morgan fingerprint density at radius 1 is 1.30 bits per heavy atom. The van der Waals surface area contributed by atoms with Crippen LogP contribution in [0.2, 0.25) is 0 Å². The third kappa shape index (κ3) is 3.82. The van der Waals surface area contributed by atoms with Gasteiger partial charge in [-0.3, -0.25) is 4.90 Å². The molecule has 0 aromatic rings. The fourth-order valence-electron chi connectivity index (χ4n) is 2.24. The van der Waals surface area contributed by atoms with Gasteiger partial charge in [-0.1, -0.05) is 11.6 Å². The molecule has 0 radical (unpaired) electrons. The van der Waals surface area contributed by atoms with Crippen molar-refractivity contribution in [3.8, 4) is 0 Å². The molecule has 5 nitrogen and oxygen atoms in total. The zero-order chi connectivity index (χ0) is 15.7. The average Bonchev–Trinajstić information content (AvgIpc) is 2.45. The van der Waals surface area contributed by atoms with Crippen molar-refractivity contribution in [2.75, 3.05) is 0 Å². The van der Waals surface area contributed by atoms with Crippen molar-refractivity contribution >= 4 is 12.4 Å². The maximum atomic E-state index is 12.4. The highest BCUT2D eigenvalue weighted by molar-refractivity contribution is 5.72.